The molecule has 2 aromatic rings. The first-order valence-corrected chi connectivity index (χ1v) is 24.1. The third-order valence-corrected chi connectivity index (χ3v) is 14.5. The normalized spacial score (nSPS) is 13.1. The fourth-order valence-electron chi connectivity index (χ4n) is 2.40. The van der Waals surface area contributed by atoms with Gasteiger partial charge in [0.1, 0.15) is 0 Å². The fourth-order valence-corrected chi connectivity index (χ4v) is 8.56. The van der Waals surface area contributed by atoms with E-state index in [1.807, 2.05) is 24.3 Å². The van der Waals surface area contributed by atoms with Gasteiger partial charge in [0.05, 0.1) is 0 Å². The monoisotopic (exact) mass is 454 g/mol. The van der Waals surface area contributed by atoms with Gasteiger partial charge in [0.15, 0.2) is 0 Å². The van der Waals surface area contributed by atoms with Crippen LogP contribution in [0.2, 0.25) is 34.5 Å². The molecule has 124 valence electrons. The second kappa shape index (κ2) is 6.41. The summed E-state index contributed by atoms with van der Waals surface area (Å²) >= 11 is -3.82. The van der Waals surface area contributed by atoms with Crippen LogP contribution >= 0.6 is 0 Å². The van der Waals surface area contributed by atoms with E-state index in [1.54, 1.807) is 24.3 Å². The molecule has 0 aliphatic rings. The molecule has 2 aromatic carbocycles. The van der Waals surface area contributed by atoms with E-state index < -0.39 is 36.4 Å². The van der Waals surface area contributed by atoms with Crippen LogP contribution in [0.25, 0.3) is 0 Å². The van der Waals surface area contributed by atoms with Crippen molar-refractivity contribution in [2.75, 3.05) is 0 Å². The summed E-state index contributed by atoms with van der Waals surface area (Å²) in [5.74, 6) is 13.8. The van der Waals surface area contributed by atoms with Crippen molar-refractivity contribution in [3.8, 4) is 0 Å². The van der Waals surface area contributed by atoms with E-state index in [1.165, 1.54) is 8.79 Å². The molecule has 2 rings (SSSR count). The van der Waals surface area contributed by atoms with Crippen LogP contribution in [0.4, 0.5) is 0 Å². The standard InChI is InChI=1S/C18H26Ge2O2S/c1-19(2,3)15-7-11-17(12-8-15)23(21,22)18-13-9-16(10-14-18)20(4,5)6/h7-14H,1-6H3. The summed E-state index contributed by atoms with van der Waals surface area (Å²) < 4.78 is 28.2. The van der Waals surface area contributed by atoms with Gasteiger partial charge in [0, 0.05) is 0 Å². The number of rotatable bonds is 4. The summed E-state index contributed by atoms with van der Waals surface area (Å²) in [7, 11) is -3.42. The molecule has 0 aliphatic heterocycles. The van der Waals surface area contributed by atoms with Crippen molar-refractivity contribution in [3.63, 3.8) is 0 Å². The van der Waals surface area contributed by atoms with Crippen molar-refractivity contribution in [1.29, 1.82) is 0 Å². The third-order valence-electron chi connectivity index (χ3n) is 4.06. The summed E-state index contributed by atoms with van der Waals surface area (Å²) in [6, 6.07) is 15.0. The van der Waals surface area contributed by atoms with Gasteiger partial charge in [0.2, 0.25) is 0 Å². The molecule has 0 atom stereocenters. The zero-order chi connectivity index (χ0) is 17.5. The van der Waals surface area contributed by atoms with Crippen LogP contribution in [-0.2, 0) is 9.84 Å². The van der Waals surface area contributed by atoms with E-state index in [2.05, 4.69) is 34.5 Å². The molecule has 0 bridgehead atoms. The fraction of sp³-hybridized carbons (Fsp3) is 0.333. The van der Waals surface area contributed by atoms with Gasteiger partial charge in [-0.2, -0.15) is 0 Å². The Kier molecular flexibility index (Phi) is 5.24. The summed E-state index contributed by atoms with van der Waals surface area (Å²) in [4.78, 5) is 0.774. The maximum absolute atomic E-state index is 12.8. The first-order chi connectivity index (χ1) is 10.4. The summed E-state index contributed by atoms with van der Waals surface area (Å²) in [5, 5.41) is 0. The van der Waals surface area contributed by atoms with Crippen molar-refractivity contribution < 1.29 is 8.42 Å². The average Bonchev–Trinajstić information content (AvgIpc) is 2.46. The SMILES string of the molecule is [CH3][Ge]([CH3])([CH3])[c]1ccc(S(=O)(=O)c2cc[c]([Ge]([CH3])([CH3])[CH3])cc2)cc1. The molecule has 23 heavy (non-hydrogen) atoms. The topological polar surface area (TPSA) is 34.1 Å². The Morgan fingerprint density at radius 3 is 1.04 bits per heavy atom. The Bertz CT molecular complexity index is 715. The quantitative estimate of drug-likeness (QED) is 0.666. The molecule has 0 radical (unpaired) electrons. The van der Waals surface area contributed by atoms with Gasteiger partial charge in [0.25, 0.3) is 0 Å². The molecular weight excluding hydrogens is 425 g/mol. The van der Waals surface area contributed by atoms with Crippen molar-refractivity contribution in [2.24, 2.45) is 0 Å². The molecule has 0 N–H and O–H groups in total. The zero-order valence-electron chi connectivity index (χ0n) is 14.8. The van der Waals surface area contributed by atoms with Gasteiger partial charge in [-0.1, -0.05) is 0 Å². The second-order valence-electron chi connectivity index (χ2n) is 8.05. The van der Waals surface area contributed by atoms with Crippen LogP contribution in [0.5, 0.6) is 0 Å². The summed E-state index contributed by atoms with van der Waals surface area (Å²) in [5.41, 5.74) is 0. The van der Waals surface area contributed by atoms with Gasteiger partial charge >= 0.3 is 146 Å². The van der Waals surface area contributed by atoms with Gasteiger partial charge in [-0.25, -0.2) is 0 Å². The zero-order valence-corrected chi connectivity index (χ0v) is 19.9. The van der Waals surface area contributed by atoms with E-state index in [-0.39, 0.29) is 0 Å². The maximum atomic E-state index is 12.8. The van der Waals surface area contributed by atoms with Crippen LogP contribution in [-0.4, -0.2) is 34.9 Å². The van der Waals surface area contributed by atoms with Gasteiger partial charge in [-0.15, -0.1) is 0 Å². The predicted molar refractivity (Wildman–Crippen MR) is 104 cm³/mol. The van der Waals surface area contributed by atoms with Crippen LogP contribution in [0.1, 0.15) is 0 Å². The first kappa shape index (κ1) is 18.8. The number of sulfone groups is 1. The number of hydrogen-bond donors (Lipinski definition) is 0. The Balaban J connectivity index is 2.39. The van der Waals surface area contributed by atoms with Gasteiger partial charge in [-0.05, 0) is 0 Å². The average molecular weight is 452 g/mol. The van der Waals surface area contributed by atoms with Crippen molar-refractivity contribution >= 4 is 45.2 Å². The van der Waals surface area contributed by atoms with E-state index in [0.29, 0.717) is 9.79 Å². The predicted octanol–water partition coefficient (Wildman–Crippen LogP) is 3.61. The molecule has 0 unspecified atom stereocenters. The number of benzene rings is 2. The van der Waals surface area contributed by atoms with Crippen molar-refractivity contribution in [2.45, 2.75) is 44.3 Å². The molecule has 0 spiro atoms. The van der Waals surface area contributed by atoms with Crippen LogP contribution in [0, 0.1) is 0 Å². The van der Waals surface area contributed by atoms with Crippen molar-refractivity contribution in [1.82, 2.24) is 0 Å². The molecule has 0 saturated heterocycles. The van der Waals surface area contributed by atoms with Crippen molar-refractivity contribution in [3.05, 3.63) is 48.5 Å². The summed E-state index contributed by atoms with van der Waals surface area (Å²) in [6.45, 7) is 0. The first-order valence-electron chi connectivity index (χ1n) is 7.88. The Morgan fingerprint density at radius 2 is 0.826 bits per heavy atom. The summed E-state index contributed by atoms with van der Waals surface area (Å²) in [6.07, 6.45) is 0. The van der Waals surface area contributed by atoms with Crippen LogP contribution in [0.15, 0.2) is 58.3 Å². The third kappa shape index (κ3) is 4.31. The molecule has 5 heteroatoms. The van der Waals surface area contributed by atoms with E-state index in [4.69, 9.17) is 0 Å². The number of hydrogen-bond acceptors (Lipinski definition) is 2. The van der Waals surface area contributed by atoms with E-state index in [0.717, 1.165) is 0 Å². The molecule has 0 heterocycles. The van der Waals surface area contributed by atoms with E-state index >= 15 is 0 Å². The van der Waals surface area contributed by atoms with Gasteiger partial charge < -0.3 is 0 Å². The van der Waals surface area contributed by atoms with E-state index in [9.17, 15) is 8.42 Å². The minimum atomic E-state index is -3.42. The molecule has 0 aromatic heterocycles. The molecule has 2 nitrogen and oxygen atoms in total. The van der Waals surface area contributed by atoms with Crippen LogP contribution in [0.3, 0.4) is 0 Å². The molecule has 0 amide bonds. The molecular formula is C18H26Ge2O2S. The Labute approximate surface area is 146 Å². The Hall–Kier alpha value is -0.524. The minimum absolute atomic E-state index is 0.387. The molecule has 0 fully saturated rings. The van der Waals surface area contributed by atoms with Crippen LogP contribution < -0.4 is 8.79 Å². The molecule has 0 aliphatic carbocycles. The Morgan fingerprint density at radius 1 is 0.565 bits per heavy atom. The molecule has 0 saturated carbocycles. The van der Waals surface area contributed by atoms with Gasteiger partial charge in [-0.3, -0.25) is 0 Å². The second-order valence-corrected chi connectivity index (χ2v) is 31.3.